The third kappa shape index (κ3) is 1.85. The fourth-order valence-electron chi connectivity index (χ4n) is 0.930. The van der Waals surface area contributed by atoms with Crippen molar-refractivity contribution in [2.24, 2.45) is 0 Å². The number of ketones is 1. The van der Waals surface area contributed by atoms with Crippen molar-refractivity contribution in [3.8, 4) is 0 Å². The zero-order valence-electron chi connectivity index (χ0n) is 6.90. The van der Waals surface area contributed by atoms with Crippen LogP contribution in [0.25, 0.3) is 0 Å². The van der Waals surface area contributed by atoms with E-state index in [1.165, 1.54) is 13.0 Å². The molecule has 0 spiro atoms. The Kier molecular flexibility index (Phi) is 2.23. The summed E-state index contributed by atoms with van der Waals surface area (Å²) in [5, 5.41) is 0. The van der Waals surface area contributed by atoms with Crippen molar-refractivity contribution in [1.82, 2.24) is 0 Å². The molecular weight excluding hydrogens is 180 g/mol. The molecule has 0 radical (unpaired) electrons. The van der Waals surface area contributed by atoms with Gasteiger partial charge in [-0.15, -0.1) is 0 Å². The zero-order chi connectivity index (χ0) is 9.35. The number of hydrogen-bond donors (Lipinski definition) is 0. The molecule has 0 saturated carbocycles. The quantitative estimate of drug-likeness (QED) is 0.626. The molecule has 0 amide bonds. The minimum atomic E-state index is -3.20. The van der Waals surface area contributed by atoms with E-state index in [1.807, 2.05) is 0 Å². The summed E-state index contributed by atoms with van der Waals surface area (Å²) in [6.45, 7) is 1.34. The summed E-state index contributed by atoms with van der Waals surface area (Å²) in [5.74, 6) is -0.0772. The van der Waals surface area contributed by atoms with E-state index in [4.69, 9.17) is 4.74 Å². The molecule has 1 unspecified atom stereocenters. The molecule has 0 bridgehead atoms. The molecule has 4 nitrogen and oxygen atoms in total. The lowest BCUT2D eigenvalue weighted by atomic mass is 10.3. The lowest BCUT2D eigenvalue weighted by Gasteiger charge is -2.08. The van der Waals surface area contributed by atoms with E-state index in [-0.39, 0.29) is 18.0 Å². The maximum absolute atomic E-state index is 10.9. The summed E-state index contributed by atoms with van der Waals surface area (Å²) in [4.78, 5) is 10.7. The van der Waals surface area contributed by atoms with Gasteiger partial charge in [-0.2, -0.15) is 0 Å². The lowest BCUT2D eigenvalue weighted by molar-refractivity contribution is -0.116. The number of rotatable bonds is 2. The highest BCUT2D eigenvalue weighted by molar-refractivity contribution is 7.91. The van der Waals surface area contributed by atoms with Crippen molar-refractivity contribution in [2.45, 2.75) is 18.8 Å². The number of carbonyl (C=O) groups excluding carboxylic acids is 1. The van der Waals surface area contributed by atoms with Crippen LogP contribution in [0.2, 0.25) is 0 Å². The second-order valence-corrected chi connectivity index (χ2v) is 4.92. The summed E-state index contributed by atoms with van der Waals surface area (Å²) >= 11 is 0. The first-order valence-electron chi connectivity index (χ1n) is 3.48. The number of carbonyl (C=O) groups is 1. The van der Waals surface area contributed by atoms with Gasteiger partial charge in [-0.25, -0.2) is 8.42 Å². The molecule has 5 heteroatoms. The minimum absolute atomic E-state index is 0.158. The molecule has 1 aliphatic heterocycles. The maximum Gasteiger partial charge on any atom is 0.202 e. The molecule has 1 rings (SSSR count). The topological polar surface area (TPSA) is 60.4 Å². The third-order valence-corrected chi connectivity index (χ3v) is 2.82. The van der Waals surface area contributed by atoms with Crippen LogP contribution in [-0.4, -0.2) is 25.9 Å². The number of allylic oxidation sites excluding steroid dienone is 1. The SMILES string of the molecule is CC(=O)C1=CCC(S(C)(=O)=O)O1. The van der Waals surface area contributed by atoms with Crippen LogP contribution in [0.1, 0.15) is 13.3 Å². The molecular formula is C7H10O4S. The Morgan fingerprint density at radius 1 is 1.67 bits per heavy atom. The van der Waals surface area contributed by atoms with Crippen molar-refractivity contribution in [3.05, 3.63) is 11.8 Å². The van der Waals surface area contributed by atoms with Gasteiger partial charge in [-0.05, 0) is 6.08 Å². The van der Waals surface area contributed by atoms with Crippen LogP contribution in [0.5, 0.6) is 0 Å². The second-order valence-electron chi connectivity index (χ2n) is 2.74. The van der Waals surface area contributed by atoms with Crippen molar-refractivity contribution in [2.75, 3.05) is 6.26 Å². The Morgan fingerprint density at radius 2 is 2.25 bits per heavy atom. The number of hydrogen-bond acceptors (Lipinski definition) is 4. The van der Waals surface area contributed by atoms with Crippen molar-refractivity contribution >= 4 is 15.6 Å². The Labute approximate surface area is 71.1 Å². The summed E-state index contributed by atoms with van der Waals surface area (Å²) in [6.07, 6.45) is 2.87. The van der Waals surface area contributed by atoms with Crippen molar-refractivity contribution in [3.63, 3.8) is 0 Å². The monoisotopic (exact) mass is 190 g/mol. The highest BCUT2D eigenvalue weighted by atomic mass is 32.2. The summed E-state index contributed by atoms with van der Waals surface area (Å²) in [5.41, 5.74) is -0.864. The van der Waals surface area contributed by atoms with E-state index in [0.29, 0.717) is 0 Å². The highest BCUT2D eigenvalue weighted by Gasteiger charge is 2.28. The predicted octanol–water partition coefficient (Wildman–Crippen LogP) is 0.250. The molecule has 0 N–H and O–H groups in total. The van der Waals surface area contributed by atoms with Crippen LogP contribution in [0, 0.1) is 0 Å². The van der Waals surface area contributed by atoms with Crippen LogP contribution in [0.3, 0.4) is 0 Å². The molecule has 1 atom stereocenters. The number of Topliss-reactive ketones (excluding diaryl/α,β-unsaturated/α-hetero) is 1. The maximum atomic E-state index is 10.9. The first-order chi connectivity index (χ1) is 5.41. The van der Waals surface area contributed by atoms with Crippen LogP contribution in [0.15, 0.2) is 11.8 Å². The Morgan fingerprint density at radius 3 is 2.50 bits per heavy atom. The van der Waals surface area contributed by atoms with E-state index >= 15 is 0 Å². The number of sulfone groups is 1. The van der Waals surface area contributed by atoms with E-state index in [1.54, 1.807) is 0 Å². The first kappa shape index (κ1) is 9.25. The average Bonchev–Trinajstić information content (AvgIpc) is 2.30. The van der Waals surface area contributed by atoms with E-state index in [2.05, 4.69) is 0 Å². The molecule has 12 heavy (non-hydrogen) atoms. The molecule has 68 valence electrons. The van der Waals surface area contributed by atoms with Gasteiger partial charge in [-0.1, -0.05) is 0 Å². The third-order valence-electron chi connectivity index (χ3n) is 1.58. The standard InChI is InChI=1S/C7H10O4S/c1-5(8)6-3-4-7(11-6)12(2,9)10/h3,7H,4H2,1-2H3. The highest BCUT2D eigenvalue weighted by Crippen LogP contribution is 2.21. The molecule has 0 saturated heterocycles. The van der Waals surface area contributed by atoms with Crippen LogP contribution in [-0.2, 0) is 19.4 Å². The fourth-order valence-corrected chi connectivity index (χ4v) is 1.65. The van der Waals surface area contributed by atoms with Gasteiger partial charge in [0.15, 0.2) is 21.4 Å². The van der Waals surface area contributed by atoms with Gasteiger partial charge in [0.1, 0.15) is 0 Å². The van der Waals surface area contributed by atoms with E-state index in [9.17, 15) is 13.2 Å². The Bertz CT molecular complexity index is 325. The Balaban J connectivity index is 2.71. The summed E-state index contributed by atoms with van der Waals surface area (Å²) < 4.78 is 26.8. The van der Waals surface area contributed by atoms with Gasteiger partial charge >= 0.3 is 0 Å². The molecule has 1 heterocycles. The minimum Gasteiger partial charge on any atom is -0.471 e. The molecule has 1 aliphatic rings. The van der Waals surface area contributed by atoms with E-state index in [0.717, 1.165) is 6.26 Å². The van der Waals surface area contributed by atoms with Crippen LogP contribution >= 0.6 is 0 Å². The lowest BCUT2D eigenvalue weighted by Crippen LogP contribution is -2.19. The summed E-state index contributed by atoms with van der Waals surface area (Å²) in [7, 11) is -3.20. The zero-order valence-corrected chi connectivity index (χ0v) is 7.72. The molecule has 0 fully saturated rings. The summed E-state index contributed by atoms with van der Waals surface area (Å²) in [6, 6.07) is 0. The van der Waals surface area contributed by atoms with Gasteiger partial charge in [0.25, 0.3) is 0 Å². The Hall–Kier alpha value is -0.840. The van der Waals surface area contributed by atoms with Crippen LogP contribution in [0.4, 0.5) is 0 Å². The second kappa shape index (κ2) is 2.90. The van der Waals surface area contributed by atoms with Crippen molar-refractivity contribution < 1.29 is 17.9 Å². The van der Waals surface area contributed by atoms with Crippen LogP contribution < -0.4 is 0 Å². The normalized spacial score (nSPS) is 23.2. The van der Waals surface area contributed by atoms with Gasteiger partial charge in [-0.3, -0.25) is 4.79 Å². The number of ether oxygens (including phenoxy) is 1. The molecule has 0 aromatic heterocycles. The molecule has 0 aliphatic carbocycles. The van der Waals surface area contributed by atoms with Gasteiger partial charge in [0, 0.05) is 19.6 Å². The van der Waals surface area contributed by atoms with E-state index < -0.39 is 15.3 Å². The smallest absolute Gasteiger partial charge is 0.202 e. The van der Waals surface area contributed by atoms with Gasteiger partial charge in [0.2, 0.25) is 5.44 Å². The first-order valence-corrected chi connectivity index (χ1v) is 5.43. The molecule has 0 aromatic rings. The largest absolute Gasteiger partial charge is 0.471 e. The fraction of sp³-hybridized carbons (Fsp3) is 0.571. The van der Waals surface area contributed by atoms with Crippen molar-refractivity contribution in [1.29, 1.82) is 0 Å². The van der Waals surface area contributed by atoms with Gasteiger partial charge in [0.05, 0.1) is 0 Å². The van der Waals surface area contributed by atoms with Gasteiger partial charge < -0.3 is 4.74 Å². The molecule has 0 aromatic carbocycles. The average molecular weight is 190 g/mol. The predicted molar refractivity (Wildman–Crippen MR) is 43.1 cm³/mol.